The van der Waals surface area contributed by atoms with Crippen LogP contribution >= 0.6 is 0 Å². The fourth-order valence-corrected chi connectivity index (χ4v) is 1.42. The third kappa shape index (κ3) is 3.78. The van der Waals surface area contributed by atoms with Gasteiger partial charge in [-0.2, -0.15) is 0 Å². The molecule has 0 spiro atoms. The molecule has 0 aliphatic rings. The van der Waals surface area contributed by atoms with Crippen molar-refractivity contribution < 1.29 is 4.79 Å². The molecule has 1 aromatic rings. The van der Waals surface area contributed by atoms with E-state index in [4.69, 9.17) is 0 Å². The van der Waals surface area contributed by atoms with Gasteiger partial charge in [-0.25, -0.2) is 0 Å². The average molecular weight is 215 g/mol. The summed E-state index contributed by atoms with van der Waals surface area (Å²) in [5.41, 5.74) is 1.04. The number of amides is 1. The molecule has 84 valence electrons. The average Bonchev–Trinajstić information content (AvgIpc) is 2.34. The van der Waals surface area contributed by atoms with Crippen molar-refractivity contribution in [1.29, 1.82) is 0 Å². The van der Waals surface area contributed by atoms with Crippen LogP contribution in [0, 0.1) is 11.8 Å². The van der Waals surface area contributed by atoms with Gasteiger partial charge < -0.3 is 5.32 Å². The van der Waals surface area contributed by atoms with E-state index in [2.05, 4.69) is 17.2 Å². The van der Waals surface area contributed by atoms with Gasteiger partial charge in [0.2, 0.25) is 5.91 Å². The van der Waals surface area contributed by atoms with Crippen molar-refractivity contribution in [1.82, 2.24) is 5.32 Å². The van der Waals surface area contributed by atoms with Gasteiger partial charge in [-0.15, -0.1) is 11.8 Å². The van der Waals surface area contributed by atoms with Gasteiger partial charge in [-0.05, 0) is 19.4 Å². The zero-order chi connectivity index (χ0) is 11.8. The second-order valence-corrected chi connectivity index (χ2v) is 3.60. The van der Waals surface area contributed by atoms with E-state index in [-0.39, 0.29) is 11.8 Å². The van der Waals surface area contributed by atoms with Gasteiger partial charge in [0.15, 0.2) is 0 Å². The van der Waals surface area contributed by atoms with Crippen LogP contribution < -0.4 is 5.32 Å². The number of benzene rings is 1. The van der Waals surface area contributed by atoms with Gasteiger partial charge in [0.05, 0.1) is 5.92 Å². The van der Waals surface area contributed by atoms with Crippen LogP contribution in [0.4, 0.5) is 0 Å². The summed E-state index contributed by atoms with van der Waals surface area (Å²) >= 11 is 0. The van der Waals surface area contributed by atoms with Crippen LogP contribution in [0.2, 0.25) is 0 Å². The number of rotatable bonds is 4. The molecular weight excluding hydrogens is 198 g/mol. The second-order valence-electron chi connectivity index (χ2n) is 3.60. The van der Waals surface area contributed by atoms with Crippen molar-refractivity contribution in [2.24, 2.45) is 0 Å². The third-order valence-electron chi connectivity index (χ3n) is 2.42. The van der Waals surface area contributed by atoms with E-state index < -0.39 is 0 Å². The van der Waals surface area contributed by atoms with E-state index in [1.54, 1.807) is 6.92 Å². The molecule has 1 N–H and O–H groups in total. The summed E-state index contributed by atoms with van der Waals surface area (Å²) in [6, 6.07) is 9.78. The fourth-order valence-electron chi connectivity index (χ4n) is 1.42. The largest absolute Gasteiger partial charge is 0.355 e. The summed E-state index contributed by atoms with van der Waals surface area (Å²) in [7, 11) is 0. The van der Waals surface area contributed by atoms with Crippen LogP contribution in [0.3, 0.4) is 0 Å². The summed E-state index contributed by atoms with van der Waals surface area (Å²) < 4.78 is 0. The van der Waals surface area contributed by atoms with E-state index >= 15 is 0 Å². The molecule has 0 aliphatic heterocycles. The lowest BCUT2D eigenvalue weighted by Crippen LogP contribution is -2.28. The minimum absolute atomic E-state index is 0.0594. The number of nitrogens with one attached hydrogen (secondary N) is 1. The Kier molecular flexibility index (Phi) is 5.15. The van der Waals surface area contributed by atoms with Crippen molar-refractivity contribution in [2.75, 3.05) is 6.54 Å². The summed E-state index contributed by atoms with van der Waals surface area (Å²) in [5, 5.41) is 2.87. The molecule has 1 unspecified atom stereocenters. The Morgan fingerprint density at radius 2 is 2.06 bits per heavy atom. The minimum Gasteiger partial charge on any atom is -0.355 e. The molecule has 1 aromatic carbocycles. The normalized spacial score (nSPS) is 11.1. The highest BCUT2D eigenvalue weighted by molar-refractivity contribution is 5.83. The van der Waals surface area contributed by atoms with Gasteiger partial charge in [0.25, 0.3) is 0 Å². The van der Waals surface area contributed by atoms with E-state index in [1.165, 1.54) is 0 Å². The standard InChI is InChI=1S/C14H17NO/c1-3-4-8-11-15-14(16)12(2)13-9-6-5-7-10-13/h5-7,9-10,12H,8,11H2,1-2H3,(H,15,16). The fraction of sp³-hybridized carbons (Fsp3) is 0.357. The van der Waals surface area contributed by atoms with Crippen molar-refractivity contribution in [3.63, 3.8) is 0 Å². The van der Waals surface area contributed by atoms with E-state index in [9.17, 15) is 4.79 Å². The molecule has 0 aliphatic carbocycles. The van der Waals surface area contributed by atoms with E-state index in [1.807, 2.05) is 37.3 Å². The summed E-state index contributed by atoms with van der Waals surface area (Å²) in [6.45, 7) is 4.33. The Morgan fingerprint density at radius 3 is 2.69 bits per heavy atom. The van der Waals surface area contributed by atoms with Gasteiger partial charge in [-0.3, -0.25) is 4.79 Å². The Labute approximate surface area is 97.1 Å². The number of hydrogen-bond donors (Lipinski definition) is 1. The highest BCUT2D eigenvalue weighted by atomic mass is 16.1. The Hall–Kier alpha value is -1.75. The monoisotopic (exact) mass is 215 g/mol. The Morgan fingerprint density at radius 1 is 1.38 bits per heavy atom. The maximum absolute atomic E-state index is 11.7. The Bertz CT molecular complexity index is 386. The van der Waals surface area contributed by atoms with E-state index in [0.29, 0.717) is 13.0 Å². The molecular formula is C14H17NO. The molecule has 1 amide bonds. The van der Waals surface area contributed by atoms with Crippen molar-refractivity contribution in [3.8, 4) is 11.8 Å². The first-order chi connectivity index (χ1) is 7.75. The van der Waals surface area contributed by atoms with Crippen LogP contribution in [-0.2, 0) is 4.79 Å². The van der Waals surface area contributed by atoms with Crippen molar-refractivity contribution in [2.45, 2.75) is 26.2 Å². The summed E-state index contributed by atoms with van der Waals surface area (Å²) in [4.78, 5) is 11.7. The molecule has 0 aromatic heterocycles. The molecule has 2 heteroatoms. The predicted octanol–water partition coefficient (Wildman–Crippen LogP) is 2.32. The molecule has 0 saturated heterocycles. The first kappa shape index (κ1) is 12.3. The van der Waals surface area contributed by atoms with Crippen LogP contribution in [0.25, 0.3) is 0 Å². The molecule has 1 atom stereocenters. The topological polar surface area (TPSA) is 29.1 Å². The predicted molar refractivity (Wildman–Crippen MR) is 65.9 cm³/mol. The zero-order valence-electron chi connectivity index (χ0n) is 9.79. The lowest BCUT2D eigenvalue weighted by atomic mass is 10.0. The molecule has 0 bridgehead atoms. The first-order valence-electron chi connectivity index (χ1n) is 5.48. The lowest BCUT2D eigenvalue weighted by molar-refractivity contribution is -0.122. The van der Waals surface area contributed by atoms with Crippen LogP contribution in [0.5, 0.6) is 0 Å². The molecule has 16 heavy (non-hydrogen) atoms. The van der Waals surface area contributed by atoms with Crippen LogP contribution in [-0.4, -0.2) is 12.5 Å². The molecule has 2 nitrogen and oxygen atoms in total. The maximum Gasteiger partial charge on any atom is 0.227 e. The highest BCUT2D eigenvalue weighted by Crippen LogP contribution is 2.13. The van der Waals surface area contributed by atoms with Crippen molar-refractivity contribution in [3.05, 3.63) is 35.9 Å². The van der Waals surface area contributed by atoms with Gasteiger partial charge >= 0.3 is 0 Å². The van der Waals surface area contributed by atoms with E-state index in [0.717, 1.165) is 5.56 Å². The van der Waals surface area contributed by atoms with Gasteiger partial charge in [0.1, 0.15) is 0 Å². The molecule has 0 saturated carbocycles. The Balaban J connectivity index is 2.44. The lowest BCUT2D eigenvalue weighted by Gasteiger charge is -2.11. The molecule has 0 radical (unpaired) electrons. The number of carbonyl (C=O) groups excluding carboxylic acids is 1. The SMILES string of the molecule is CC#CCCNC(=O)C(C)c1ccccc1. The van der Waals surface area contributed by atoms with Gasteiger partial charge in [0, 0.05) is 13.0 Å². The van der Waals surface area contributed by atoms with Crippen LogP contribution in [0.1, 0.15) is 31.7 Å². The van der Waals surface area contributed by atoms with Crippen LogP contribution in [0.15, 0.2) is 30.3 Å². The molecule has 1 rings (SSSR count). The molecule has 0 heterocycles. The smallest absolute Gasteiger partial charge is 0.227 e. The van der Waals surface area contributed by atoms with Crippen molar-refractivity contribution >= 4 is 5.91 Å². The molecule has 0 fully saturated rings. The zero-order valence-corrected chi connectivity index (χ0v) is 9.79. The maximum atomic E-state index is 11.7. The highest BCUT2D eigenvalue weighted by Gasteiger charge is 2.13. The van der Waals surface area contributed by atoms with Gasteiger partial charge in [-0.1, -0.05) is 30.3 Å². The quantitative estimate of drug-likeness (QED) is 0.606. The second kappa shape index (κ2) is 6.68. The first-order valence-corrected chi connectivity index (χ1v) is 5.48. The summed E-state index contributed by atoms with van der Waals surface area (Å²) in [6.07, 6.45) is 0.712. The third-order valence-corrected chi connectivity index (χ3v) is 2.42. The number of carbonyl (C=O) groups is 1. The minimum atomic E-state index is -0.101. The number of hydrogen-bond acceptors (Lipinski definition) is 1. The summed E-state index contributed by atoms with van der Waals surface area (Å²) in [5.74, 6) is 5.68.